The molecule has 5 nitrogen and oxygen atoms in total. The lowest BCUT2D eigenvalue weighted by Gasteiger charge is -2.26. The summed E-state index contributed by atoms with van der Waals surface area (Å²) in [6.45, 7) is 3.74. The van der Waals surface area contributed by atoms with E-state index in [0.717, 1.165) is 42.9 Å². The molecule has 0 bridgehead atoms. The lowest BCUT2D eigenvalue weighted by atomic mass is 10.1. The van der Waals surface area contributed by atoms with Gasteiger partial charge >= 0.3 is 0 Å². The zero-order valence-corrected chi connectivity index (χ0v) is 17.9. The van der Waals surface area contributed by atoms with Gasteiger partial charge in [0.15, 0.2) is 0 Å². The van der Waals surface area contributed by atoms with Crippen molar-refractivity contribution < 1.29 is 13.9 Å². The lowest BCUT2D eigenvalue weighted by Crippen LogP contribution is -2.35. The second-order valence-electron chi connectivity index (χ2n) is 7.83. The standard InChI is InChI=1S/C25H28FN3O2/c1-2-23-22(15-16-24(30)28-17-7-4-8-18-28)25(31-21-9-5-3-6-10-21)29(27-23)20-13-11-19(26)12-14-20/h3,5-6,9-14H,2,4,7-8,15-18H2,1H3. The van der Waals surface area contributed by atoms with Crippen LogP contribution in [0.2, 0.25) is 0 Å². The molecule has 0 radical (unpaired) electrons. The molecule has 0 aliphatic carbocycles. The number of halogens is 1. The predicted octanol–water partition coefficient (Wildman–Crippen LogP) is 5.31. The summed E-state index contributed by atoms with van der Waals surface area (Å²) in [5.41, 5.74) is 2.54. The molecule has 3 aromatic rings. The van der Waals surface area contributed by atoms with Crippen molar-refractivity contribution in [3.05, 3.63) is 71.7 Å². The Hall–Kier alpha value is -3.15. The van der Waals surface area contributed by atoms with Gasteiger partial charge < -0.3 is 9.64 Å². The Morgan fingerprint density at radius 2 is 1.74 bits per heavy atom. The molecule has 1 amide bonds. The van der Waals surface area contributed by atoms with Crippen molar-refractivity contribution in [2.75, 3.05) is 13.1 Å². The van der Waals surface area contributed by atoms with Gasteiger partial charge in [-0.2, -0.15) is 5.10 Å². The number of para-hydroxylation sites is 1. The van der Waals surface area contributed by atoms with Crippen LogP contribution in [0, 0.1) is 5.82 Å². The van der Waals surface area contributed by atoms with Crippen LogP contribution in [0.3, 0.4) is 0 Å². The highest BCUT2D eigenvalue weighted by Crippen LogP contribution is 2.32. The Bertz CT molecular complexity index is 1010. The summed E-state index contributed by atoms with van der Waals surface area (Å²) in [5, 5.41) is 4.76. The molecule has 31 heavy (non-hydrogen) atoms. The molecule has 0 spiro atoms. The highest BCUT2D eigenvalue weighted by Gasteiger charge is 2.23. The predicted molar refractivity (Wildman–Crippen MR) is 118 cm³/mol. The quantitative estimate of drug-likeness (QED) is 0.519. The summed E-state index contributed by atoms with van der Waals surface area (Å²) in [4.78, 5) is 14.7. The van der Waals surface area contributed by atoms with Gasteiger partial charge in [-0.25, -0.2) is 9.07 Å². The van der Waals surface area contributed by atoms with Crippen molar-refractivity contribution in [3.63, 3.8) is 0 Å². The maximum absolute atomic E-state index is 13.5. The largest absolute Gasteiger partial charge is 0.439 e. The average molecular weight is 422 g/mol. The molecule has 0 saturated carbocycles. The number of likely N-dealkylation sites (tertiary alicyclic amines) is 1. The number of piperidine rings is 1. The lowest BCUT2D eigenvalue weighted by molar-refractivity contribution is -0.132. The van der Waals surface area contributed by atoms with Crippen LogP contribution in [0.5, 0.6) is 11.6 Å². The molecule has 1 fully saturated rings. The summed E-state index contributed by atoms with van der Waals surface area (Å²) in [5.74, 6) is 1.16. The molecule has 0 N–H and O–H groups in total. The second-order valence-corrected chi connectivity index (χ2v) is 7.83. The number of aromatic nitrogens is 2. The van der Waals surface area contributed by atoms with Crippen molar-refractivity contribution in [1.82, 2.24) is 14.7 Å². The van der Waals surface area contributed by atoms with Gasteiger partial charge in [-0.3, -0.25) is 4.79 Å². The van der Waals surface area contributed by atoms with Gasteiger partial charge in [-0.05, 0) is 68.5 Å². The fourth-order valence-electron chi connectivity index (χ4n) is 4.01. The number of carbonyl (C=O) groups is 1. The number of carbonyl (C=O) groups excluding carboxylic acids is 1. The number of benzene rings is 2. The Kier molecular flexibility index (Phi) is 6.65. The SMILES string of the molecule is CCc1nn(-c2ccc(F)cc2)c(Oc2ccccc2)c1CCC(=O)N1CCCCC1. The van der Waals surface area contributed by atoms with Crippen LogP contribution < -0.4 is 4.74 Å². The minimum Gasteiger partial charge on any atom is -0.439 e. The van der Waals surface area contributed by atoms with Crippen LogP contribution >= 0.6 is 0 Å². The number of aryl methyl sites for hydroxylation is 1. The van der Waals surface area contributed by atoms with Crippen molar-refractivity contribution in [1.29, 1.82) is 0 Å². The number of amides is 1. The molecular weight excluding hydrogens is 393 g/mol. The third kappa shape index (κ3) is 4.95. The number of rotatable bonds is 7. The third-order valence-electron chi connectivity index (χ3n) is 5.68. The number of nitrogens with zero attached hydrogens (tertiary/aromatic N) is 3. The van der Waals surface area contributed by atoms with Gasteiger partial charge in [0.05, 0.1) is 11.4 Å². The van der Waals surface area contributed by atoms with Gasteiger partial charge in [0.2, 0.25) is 11.8 Å². The molecule has 2 aromatic carbocycles. The highest BCUT2D eigenvalue weighted by molar-refractivity contribution is 5.76. The molecule has 1 saturated heterocycles. The van der Waals surface area contributed by atoms with Crippen molar-refractivity contribution in [2.45, 2.75) is 45.4 Å². The first-order valence-corrected chi connectivity index (χ1v) is 11.0. The van der Waals surface area contributed by atoms with E-state index in [1.165, 1.54) is 18.6 Å². The zero-order chi connectivity index (χ0) is 21.6. The molecule has 2 heterocycles. The van der Waals surface area contributed by atoms with Gasteiger partial charge in [0.25, 0.3) is 0 Å². The molecular formula is C25H28FN3O2. The Morgan fingerprint density at radius 3 is 2.42 bits per heavy atom. The van der Waals surface area contributed by atoms with Gasteiger partial charge in [-0.1, -0.05) is 25.1 Å². The molecule has 0 unspecified atom stereocenters. The van der Waals surface area contributed by atoms with E-state index in [4.69, 9.17) is 9.84 Å². The summed E-state index contributed by atoms with van der Waals surface area (Å²) < 4.78 is 21.5. The zero-order valence-electron chi connectivity index (χ0n) is 17.9. The second kappa shape index (κ2) is 9.77. The van der Waals surface area contributed by atoms with Crippen LogP contribution in [0.1, 0.15) is 43.9 Å². The van der Waals surface area contributed by atoms with Crippen LogP contribution in [0.25, 0.3) is 5.69 Å². The first kappa shape index (κ1) is 21.1. The normalized spacial score (nSPS) is 13.9. The van der Waals surface area contributed by atoms with E-state index in [2.05, 4.69) is 0 Å². The minimum absolute atomic E-state index is 0.182. The van der Waals surface area contributed by atoms with E-state index in [1.807, 2.05) is 42.2 Å². The molecule has 1 aliphatic rings. The van der Waals surface area contributed by atoms with Crippen LogP contribution in [0.15, 0.2) is 54.6 Å². The highest BCUT2D eigenvalue weighted by atomic mass is 19.1. The molecule has 1 aromatic heterocycles. The third-order valence-corrected chi connectivity index (χ3v) is 5.68. The Morgan fingerprint density at radius 1 is 1.03 bits per heavy atom. The Labute approximate surface area is 182 Å². The maximum atomic E-state index is 13.5. The summed E-state index contributed by atoms with van der Waals surface area (Å²) in [6, 6.07) is 15.7. The van der Waals surface area contributed by atoms with E-state index in [1.54, 1.807) is 16.8 Å². The molecule has 0 atom stereocenters. The van der Waals surface area contributed by atoms with Crippen LogP contribution in [-0.4, -0.2) is 33.7 Å². The maximum Gasteiger partial charge on any atom is 0.226 e. The minimum atomic E-state index is -0.301. The summed E-state index contributed by atoms with van der Waals surface area (Å²) in [7, 11) is 0. The molecule has 6 heteroatoms. The number of ether oxygens (including phenoxy) is 1. The average Bonchev–Trinajstić information content (AvgIpc) is 3.16. The molecule has 4 rings (SSSR count). The monoisotopic (exact) mass is 421 g/mol. The first-order valence-electron chi connectivity index (χ1n) is 11.0. The molecule has 162 valence electrons. The smallest absolute Gasteiger partial charge is 0.226 e. The number of hydrogen-bond acceptors (Lipinski definition) is 3. The summed E-state index contributed by atoms with van der Waals surface area (Å²) >= 11 is 0. The van der Waals surface area contributed by atoms with E-state index in [0.29, 0.717) is 30.9 Å². The molecule has 1 aliphatic heterocycles. The van der Waals surface area contributed by atoms with Gasteiger partial charge in [-0.15, -0.1) is 0 Å². The van der Waals surface area contributed by atoms with E-state index in [9.17, 15) is 9.18 Å². The summed E-state index contributed by atoms with van der Waals surface area (Å²) in [6.07, 6.45) is 5.05. The van der Waals surface area contributed by atoms with Crippen molar-refractivity contribution >= 4 is 5.91 Å². The van der Waals surface area contributed by atoms with E-state index >= 15 is 0 Å². The number of hydrogen-bond donors (Lipinski definition) is 0. The van der Waals surface area contributed by atoms with Crippen LogP contribution in [-0.2, 0) is 17.6 Å². The van der Waals surface area contributed by atoms with Gasteiger partial charge in [0, 0.05) is 25.1 Å². The van der Waals surface area contributed by atoms with Crippen LogP contribution in [0.4, 0.5) is 4.39 Å². The van der Waals surface area contributed by atoms with E-state index in [-0.39, 0.29) is 11.7 Å². The van der Waals surface area contributed by atoms with E-state index < -0.39 is 0 Å². The first-order chi connectivity index (χ1) is 15.2. The van der Waals surface area contributed by atoms with Crippen molar-refractivity contribution in [2.24, 2.45) is 0 Å². The fraction of sp³-hybridized carbons (Fsp3) is 0.360. The topological polar surface area (TPSA) is 47.4 Å². The van der Waals surface area contributed by atoms with Crippen molar-refractivity contribution in [3.8, 4) is 17.3 Å². The Balaban J connectivity index is 1.66. The van der Waals surface area contributed by atoms with Gasteiger partial charge in [0.1, 0.15) is 11.6 Å². The fourth-order valence-corrected chi connectivity index (χ4v) is 4.01.